The van der Waals surface area contributed by atoms with Gasteiger partial charge in [-0.2, -0.15) is 0 Å². The van der Waals surface area contributed by atoms with Gasteiger partial charge in [-0.3, -0.25) is 4.90 Å². The smallest absolute Gasteiger partial charge is 0.0589 e. The van der Waals surface area contributed by atoms with E-state index in [4.69, 9.17) is 11.2 Å². The Morgan fingerprint density at radius 2 is 2.25 bits per heavy atom. The second-order valence-corrected chi connectivity index (χ2v) is 3.21. The third-order valence-corrected chi connectivity index (χ3v) is 2.19. The van der Waals surface area contributed by atoms with Crippen LogP contribution in [-0.2, 0) is 4.74 Å². The fourth-order valence-corrected chi connectivity index (χ4v) is 1.33. The maximum atomic E-state index is 5.22. The van der Waals surface area contributed by atoms with E-state index in [-0.39, 0.29) is 0 Å². The molecular weight excluding hydrogens is 150 g/mol. The first-order valence-electron chi connectivity index (χ1n) is 4.55. The number of methoxy groups -OCH3 is 1. The Bertz CT molecular complexity index is 158. The second-order valence-electron chi connectivity index (χ2n) is 3.21. The second kappa shape index (κ2) is 5.18. The molecule has 12 heavy (non-hydrogen) atoms. The highest BCUT2D eigenvalue weighted by atomic mass is 16.5. The molecule has 0 saturated heterocycles. The fraction of sp³-hybridized carbons (Fsp3) is 0.800. The van der Waals surface area contributed by atoms with Gasteiger partial charge in [-0.1, -0.05) is 0 Å². The van der Waals surface area contributed by atoms with Gasteiger partial charge in [0.05, 0.1) is 6.61 Å². The summed E-state index contributed by atoms with van der Waals surface area (Å²) in [6.45, 7) is 2.88. The molecule has 0 atom stereocenters. The van der Waals surface area contributed by atoms with Gasteiger partial charge < -0.3 is 4.74 Å². The first kappa shape index (κ1) is 9.57. The van der Waals surface area contributed by atoms with E-state index in [1.807, 2.05) is 0 Å². The average molecular weight is 167 g/mol. The molecule has 1 rings (SSSR count). The summed E-state index contributed by atoms with van der Waals surface area (Å²) in [4.78, 5) is 2.43. The monoisotopic (exact) mass is 167 g/mol. The molecule has 0 amide bonds. The Morgan fingerprint density at radius 3 is 2.75 bits per heavy atom. The van der Waals surface area contributed by atoms with Gasteiger partial charge in [-0.25, -0.2) is 0 Å². The summed E-state index contributed by atoms with van der Waals surface area (Å²) in [5.41, 5.74) is 0. The highest BCUT2D eigenvalue weighted by Gasteiger charge is 2.27. The minimum atomic E-state index is 0.800. The van der Waals surface area contributed by atoms with Gasteiger partial charge in [0.15, 0.2) is 0 Å². The molecule has 0 bridgehead atoms. The lowest BCUT2D eigenvalue weighted by atomic mass is 10.3. The molecule has 0 aromatic heterocycles. The van der Waals surface area contributed by atoms with Crippen LogP contribution in [0.2, 0.25) is 0 Å². The van der Waals surface area contributed by atoms with Crippen molar-refractivity contribution in [3.8, 4) is 12.3 Å². The predicted octanol–water partition coefficient (Wildman–Crippen LogP) is 1.12. The van der Waals surface area contributed by atoms with Crippen molar-refractivity contribution >= 4 is 0 Å². The number of hydrogen-bond acceptors (Lipinski definition) is 2. The Labute approximate surface area is 74.9 Å². The zero-order valence-corrected chi connectivity index (χ0v) is 7.75. The molecule has 0 radical (unpaired) electrons. The number of ether oxygens (including phenoxy) is 1. The molecule has 1 aliphatic rings. The third-order valence-electron chi connectivity index (χ3n) is 2.19. The molecule has 0 spiro atoms. The molecule has 1 saturated carbocycles. The maximum absolute atomic E-state index is 5.22. The standard InChI is InChI=1S/C10H17NO/c1-3-4-7-11(8-9-12-2)10-5-6-10/h1,10H,4-9H2,2H3. The Balaban J connectivity index is 2.14. The van der Waals surface area contributed by atoms with Crippen molar-refractivity contribution in [2.75, 3.05) is 26.8 Å². The van der Waals surface area contributed by atoms with Crippen LogP contribution in [0.3, 0.4) is 0 Å². The van der Waals surface area contributed by atoms with Crippen molar-refractivity contribution in [2.45, 2.75) is 25.3 Å². The molecule has 1 aliphatic carbocycles. The number of hydrogen-bond donors (Lipinski definition) is 0. The summed E-state index contributed by atoms with van der Waals surface area (Å²) in [5.74, 6) is 2.67. The lowest BCUT2D eigenvalue weighted by molar-refractivity contribution is 0.145. The summed E-state index contributed by atoms with van der Waals surface area (Å²) >= 11 is 0. The minimum absolute atomic E-state index is 0.800. The predicted molar refractivity (Wildman–Crippen MR) is 49.9 cm³/mol. The molecule has 0 heterocycles. The summed E-state index contributed by atoms with van der Waals surface area (Å²) in [5, 5.41) is 0. The summed E-state index contributed by atoms with van der Waals surface area (Å²) in [6.07, 6.45) is 8.76. The van der Waals surface area contributed by atoms with Crippen LogP contribution in [0.15, 0.2) is 0 Å². The first-order valence-corrected chi connectivity index (χ1v) is 4.55. The van der Waals surface area contributed by atoms with E-state index >= 15 is 0 Å². The van der Waals surface area contributed by atoms with Gasteiger partial charge >= 0.3 is 0 Å². The summed E-state index contributed by atoms with van der Waals surface area (Å²) < 4.78 is 5.04. The normalized spacial score (nSPS) is 16.4. The molecule has 0 aliphatic heterocycles. The summed E-state index contributed by atoms with van der Waals surface area (Å²) in [6, 6.07) is 0.800. The van der Waals surface area contributed by atoms with Crippen LogP contribution >= 0.6 is 0 Å². The number of nitrogens with zero attached hydrogens (tertiary/aromatic N) is 1. The zero-order chi connectivity index (χ0) is 8.81. The molecule has 0 N–H and O–H groups in total. The Hall–Kier alpha value is -0.520. The van der Waals surface area contributed by atoms with Crippen molar-refractivity contribution in [1.82, 2.24) is 4.90 Å². The lowest BCUT2D eigenvalue weighted by Gasteiger charge is -2.19. The highest BCUT2D eigenvalue weighted by Crippen LogP contribution is 2.26. The van der Waals surface area contributed by atoms with Crippen LogP contribution in [0, 0.1) is 12.3 Å². The molecule has 2 nitrogen and oxygen atoms in total. The van der Waals surface area contributed by atoms with E-state index in [9.17, 15) is 0 Å². The van der Waals surface area contributed by atoms with Crippen LogP contribution in [0.5, 0.6) is 0 Å². The third kappa shape index (κ3) is 3.25. The van der Waals surface area contributed by atoms with E-state index in [0.29, 0.717) is 0 Å². The fourth-order valence-electron chi connectivity index (χ4n) is 1.33. The van der Waals surface area contributed by atoms with E-state index < -0.39 is 0 Å². The van der Waals surface area contributed by atoms with Crippen molar-refractivity contribution in [3.05, 3.63) is 0 Å². The van der Waals surface area contributed by atoms with Crippen molar-refractivity contribution in [2.24, 2.45) is 0 Å². The lowest BCUT2D eigenvalue weighted by Crippen LogP contribution is -2.30. The Morgan fingerprint density at radius 1 is 1.50 bits per heavy atom. The molecule has 0 unspecified atom stereocenters. The van der Waals surface area contributed by atoms with Crippen LogP contribution in [-0.4, -0.2) is 37.7 Å². The molecule has 0 aromatic rings. The largest absolute Gasteiger partial charge is 0.383 e. The van der Waals surface area contributed by atoms with Gasteiger partial charge in [0, 0.05) is 32.7 Å². The van der Waals surface area contributed by atoms with Crippen LogP contribution < -0.4 is 0 Å². The van der Waals surface area contributed by atoms with E-state index in [1.165, 1.54) is 12.8 Å². The van der Waals surface area contributed by atoms with Crippen molar-refractivity contribution in [1.29, 1.82) is 0 Å². The molecule has 1 fully saturated rings. The average Bonchev–Trinajstić information content (AvgIpc) is 2.88. The van der Waals surface area contributed by atoms with Crippen LogP contribution in [0.1, 0.15) is 19.3 Å². The molecule has 68 valence electrons. The van der Waals surface area contributed by atoms with Gasteiger partial charge in [-0.15, -0.1) is 12.3 Å². The quantitative estimate of drug-likeness (QED) is 0.550. The van der Waals surface area contributed by atoms with Gasteiger partial charge in [0.2, 0.25) is 0 Å². The summed E-state index contributed by atoms with van der Waals surface area (Å²) in [7, 11) is 1.74. The zero-order valence-electron chi connectivity index (χ0n) is 7.75. The maximum Gasteiger partial charge on any atom is 0.0589 e. The van der Waals surface area contributed by atoms with E-state index in [2.05, 4.69) is 10.8 Å². The first-order chi connectivity index (χ1) is 5.88. The van der Waals surface area contributed by atoms with Crippen LogP contribution in [0.25, 0.3) is 0 Å². The van der Waals surface area contributed by atoms with E-state index in [1.54, 1.807) is 7.11 Å². The van der Waals surface area contributed by atoms with Gasteiger partial charge in [0.25, 0.3) is 0 Å². The SMILES string of the molecule is C#CCCN(CCOC)C1CC1. The number of terminal acetylenes is 1. The molecule has 0 aromatic carbocycles. The molecule has 2 heteroatoms. The Kier molecular flexibility index (Phi) is 4.13. The van der Waals surface area contributed by atoms with Crippen LogP contribution in [0.4, 0.5) is 0 Å². The van der Waals surface area contributed by atoms with Crippen molar-refractivity contribution in [3.63, 3.8) is 0 Å². The van der Waals surface area contributed by atoms with Gasteiger partial charge in [-0.05, 0) is 12.8 Å². The van der Waals surface area contributed by atoms with Crippen molar-refractivity contribution < 1.29 is 4.74 Å². The minimum Gasteiger partial charge on any atom is -0.383 e. The molecular formula is C10H17NO. The van der Waals surface area contributed by atoms with Gasteiger partial charge in [0.1, 0.15) is 0 Å². The topological polar surface area (TPSA) is 12.5 Å². The highest BCUT2D eigenvalue weighted by molar-refractivity contribution is 4.89. The van der Waals surface area contributed by atoms with E-state index in [0.717, 1.165) is 32.2 Å². The number of rotatable bonds is 6.